The minimum absolute atomic E-state index is 0.126. The number of halogens is 1. The third-order valence-electron chi connectivity index (χ3n) is 6.33. The molecule has 0 fully saturated rings. The number of methoxy groups -OCH3 is 1. The third kappa shape index (κ3) is 7.97. The molecule has 0 aliphatic rings. The summed E-state index contributed by atoms with van der Waals surface area (Å²) in [6, 6.07) is 20.6. The molecule has 1 N–H and O–H groups in total. The van der Waals surface area contributed by atoms with Crippen molar-refractivity contribution < 1.29 is 22.7 Å². The molecule has 2 amide bonds. The van der Waals surface area contributed by atoms with Gasteiger partial charge in [0, 0.05) is 19.5 Å². The highest BCUT2D eigenvalue weighted by Gasteiger charge is 2.33. The first-order valence-electron chi connectivity index (χ1n) is 12.5. The predicted octanol–water partition coefficient (Wildman–Crippen LogP) is 4.20. The van der Waals surface area contributed by atoms with E-state index < -0.39 is 28.5 Å². The molecule has 0 aromatic heterocycles. The molecule has 0 aliphatic heterocycles. The van der Waals surface area contributed by atoms with E-state index in [9.17, 15) is 18.0 Å². The third-order valence-corrected chi connectivity index (χ3v) is 7.76. The number of sulfonamides is 1. The van der Waals surface area contributed by atoms with Crippen molar-refractivity contribution in [2.75, 3.05) is 30.8 Å². The summed E-state index contributed by atoms with van der Waals surface area (Å²) in [4.78, 5) is 28.9. The number of ether oxygens (including phenoxy) is 1. The lowest BCUT2D eigenvalue weighted by Gasteiger charge is -2.33. The highest BCUT2D eigenvalue weighted by molar-refractivity contribution is 7.92. The van der Waals surface area contributed by atoms with Gasteiger partial charge < -0.3 is 15.0 Å². The molecule has 39 heavy (non-hydrogen) atoms. The molecule has 8 nitrogen and oxygen atoms in total. The number of benzene rings is 3. The minimum atomic E-state index is -3.89. The number of carbonyl (C=O) groups excluding carboxylic acids is 2. The van der Waals surface area contributed by atoms with Crippen molar-refractivity contribution in [2.24, 2.45) is 0 Å². The van der Waals surface area contributed by atoms with Gasteiger partial charge in [-0.2, -0.15) is 0 Å². The lowest BCUT2D eigenvalue weighted by molar-refractivity contribution is -0.140. The number of amides is 2. The topological polar surface area (TPSA) is 96.0 Å². The molecule has 10 heteroatoms. The molecule has 3 aromatic rings. The number of aryl methyl sites for hydroxylation is 1. The van der Waals surface area contributed by atoms with E-state index in [0.717, 1.165) is 27.3 Å². The van der Waals surface area contributed by atoms with Crippen molar-refractivity contribution in [1.29, 1.82) is 0 Å². The van der Waals surface area contributed by atoms with E-state index in [1.807, 2.05) is 68.4 Å². The molecule has 0 heterocycles. The average Bonchev–Trinajstić information content (AvgIpc) is 2.90. The number of hydrogen-bond donors (Lipinski definition) is 1. The van der Waals surface area contributed by atoms with Crippen LogP contribution in [0.15, 0.2) is 72.8 Å². The van der Waals surface area contributed by atoms with Crippen LogP contribution in [0.1, 0.15) is 23.6 Å². The summed E-state index contributed by atoms with van der Waals surface area (Å²) < 4.78 is 31.9. The molecule has 3 rings (SSSR count). The molecule has 0 radical (unpaired) electrons. The van der Waals surface area contributed by atoms with Gasteiger partial charge in [-0.3, -0.25) is 13.9 Å². The molecule has 0 bridgehead atoms. The standard InChI is InChI=1S/C29H34ClN3O5S/c1-5-31-29(35)26(17-22-12-7-6-8-13-22)32(19-23-14-10-9-11-21(23)2)28(34)20-33(39(4,36)37)24-15-16-27(38-3)25(30)18-24/h6-16,18,26H,5,17,19-20H2,1-4H3,(H,31,35)/t26-/m0/s1. The number of carbonyl (C=O) groups is 2. The highest BCUT2D eigenvalue weighted by Crippen LogP contribution is 2.30. The Balaban J connectivity index is 2.06. The quantitative estimate of drug-likeness (QED) is 0.351. The summed E-state index contributed by atoms with van der Waals surface area (Å²) in [6.45, 7) is 3.73. The number of nitrogens with one attached hydrogen (secondary N) is 1. The summed E-state index contributed by atoms with van der Waals surface area (Å²) in [6.07, 6.45) is 1.28. The van der Waals surface area contributed by atoms with Crippen molar-refractivity contribution in [2.45, 2.75) is 32.9 Å². The predicted molar refractivity (Wildman–Crippen MR) is 155 cm³/mol. The van der Waals surface area contributed by atoms with Crippen LogP contribution in [0.5, 0.6) is 5.75 Å². The fourth-order valence-corrected chi connectivity index (χ4v) is 5.33. The minimum Gasteiger partial charge on any atom is -0.495 e. The Hall–Kier alpha value is -3.56. The van der Waals surface area contributed by atoms with Gasteiger partial charge in [-0.05, 0) is 48.7 Å². The second-order valence-electron chi connectivity index (χ2n) is 9.14. The van der Waals surface area contributed by atoms with Crippen LogP contribution >= 0.6 is 11.6 Å². The molecule has 3 aromatic carbocycles. The van der Waals surface area contributed by atoms with E-state index in [1.165, 1.54) is 24.1 Å². The summed E-state index contributed by atoms with van der Waals surface area (Å²) in [5, 5.41) is 3.05. The molecule has 0 saturated heterocycles. The molecule has 0 spiro atoms. The lowest BCUT2D eigenvalue weighted by atomic mass is 10.0. The molecular formula is C29H34ClN3O5S. The molecule has 0 saturated carbocycles. The summed E-state index contributed by atoms with van der Waals surface area (Å²) in [7, 11) is -2.44. The Labute approximate surface area is 235 Å². The zero-order valence-electron chi connectivity index (χ0n) is 22.6. The largest absolute Gasteiger partial charge is 0.495 e. The zero-order chi connectivity index (χ0) is 28.6. The lowest BCUT2D eigenvalue weighted by Crippen LogP contribution is -2.53. The normalized spacial score (nSPS) is 11.9. The zero-order valence-corrected chi connectivity index (χ0v) is 24.1. The first kappa shape index (κ1) is 30.0. The van der Waals surface area contributed by atoms with E-state index in [0.29, 0.717) is 12.3 Å². The van der Waals surface area contributed by atoms with E-state index in [-0.39, 0.29) is 29.6 Å². The van der Waals surface area contributed by atoms with Crippen LogP contribution < -0.4 is 14.4 Å². The van der Waals surface area contributed by atoms with Gasteiger partial charge in [0.05, 0.1) is 24.1 Å². The van der Waals surface area contributed by atoms with Crippen molar-refractivity contribution in [3.8, 4) is 5.75 Å². The van der Waals surface area contributed by atoms with E-state index >= 15 is 0 Å². The monoisotopic (exact) mass is 571 g/mol. The SMILES string of the molecule is CCNC(=O)[C@H](Cc1ccccc1)N(Cc1ccccc1C)C(=O)CN(c1ccc(OC)c(Cl)c1)S(C)(=O)=O. The molecule has 208 valence electrons. The Bertz CT molecular complexity index is 1400. The Morgan fingerprint density at radius 3 is 2.28 bits per heavy atom. The second-order valence-corrected chi connectivity index (χ2v) is 11.5. The van der Waals surface area contributed by atoms with Crippen LogP contribution in [0.3, 0.4) is 0 Å². The van der Waals surface area contributed by atoms with Crippen LogP contribution in [0.4, 0.5) is 5.69 Å². The summed E-state index contributed by atoms with van der Waals surface area (Å²) in [5.74, 6) is -0.468. The van der Waals surface area contributed by atoms with Gasteiger partial charge in [0.15, 0.2) is 0 Å². The highest BCUT2D eigenvalue weighted by atomic mass is 35.5. The summed E-state index contributed by atoms with van der Waals surface area (Å²) >= 11 is 6.27. The number of hydrogen-bond acceptors (Lipinski definition) is 5. The van der Waals surface area contributed by atoms with Crippen LogP contribution in [-0.2, 0) is 32.6 Å². The van der Waals surface area contributed by atoms with Gasteiger partial charge in [-0.1, -0.05) is 66.2 Å². The fraction of sp³-hybridized carbons (Fsp3) is 0.310. The van der Waals surface area contributed by atoms with Gasteiger partial charge in [0.1, 0.15) is 18.3 Å². The maximum absolute atomic E-state index is 14.0. The van der Waals surface area contributed by atoms with Crippen LogP contribution in [0.2, 0.25) is 5.02 Å². The number of anilines is 1. The van der Waals surface area contributed by atoms with Crippen molar-refractivity contribution in [3.63, 3.8) is 0 Å². The Morgan fingerprint density at radius 2 is 1.69 bits per heavy atom. The Kier molecular flexibility index (Phi) is 10.4. The van der Waals surface area contributed by atoms with E-state index in [4.69, 9.17) is 16.3 Å². The van der Waals surface area contributed by atoms with Gasteiger partial charge in [0.25, 0.3) is 0 Å². The number of nitrogens with zero attached hydrogens (tertiary/aromatic N) is 2. The van der Waals surface area contributed by atoms with Gasteiger partial charge >= 0.3 is 0 Å². The van der Waals surface area contributed by atoms with Crippen LogP contribution in [0, 0.1) is 6.92 Å². The first-order valence-corrected chi connectivity index (χ1v) is 14.7. The first-order chi connectivity index (χ1) is 18.5. The van der Waals surface area contributed by atoms with Gasteiger partial charge in [-0.25, -0.2) is 8.42 Å². The average molecular weight is 572 g/mol. The van der Waals surface area contributed by atoms with Crippen molar-refractivity contribution in [3.05, 3.63) is 94.5 Å². The number of likely N-dealkylation sites (N-methyl/N-ethyl adjacent to an activating group) is 1. The van der Waals surface area contributed by atoms with Crippen LogP contribution in [-0.4, -0.2) is 57.6 Å². The van der Waals surface area contributed by atoms with E-state index in [1.54, 1.807) is 6.07 Å². The maximum Gasteiger partial charge on any atom is 0.244 e. The second kappa shape index (κ2) is 13.5. The van der Waals surface area contributed by atoms with Crippen LogP contribution in [0.25, 0.3) is 0 Å². The summed E-state index contributed by atoms with van der Waals surface area (Å²) in [5.41, 5.74) is 2.89. The van der Waals surface area contributed by atoms with Gasteiger partial charge in [-0.15, -0.1) is 0 Å². The Morgan fingerprint density at radius 1 is 1.03 bits per heavy atom. The van der Waals surface area contributed by atoms with Crippen molar-refractivity contribution in [1.82, 2.24) is 10.2 Å². The molecule has 0 unspecified atom stereocenters. The van der Waals surface area contributed by atoms with Crippen molar-refractivity contribution >= 4 is 39.1 Å². The molecule has 1 atom stereocenters. The number of rotatable bonds is 12. The molecular weight excluding hydrogens is 538 g/mol. The van der Waals surface area contributed by atoms with E-state index in [2.05, 4.69) is 5.32 Å². The fourth-order valence-electron chi connectivity index (χ4n) is 4.24. The smallest absolute Gasteiger partial charge is 0.244 e. The maximum atomic E-state index is 14.0. The van der Waals surface area contributed by atoms with Gasteiger partial charge in [0.2, 0.25) is 21.8 Å². The molecule has 0 aliphatic carbocycles.